The number of urea groups is 1. The maximum Gasteiger partial charge on any atom is 0.327 e. The summed E-state index contributed by atoms with van der Waals surface area (Å²) in [5.74, 6) is -0.571. The second-order valence-electron chi connectivity index (χ2n) is 4.67. The third-order valence-corrected chi connectivity index (χ3v) is 4.88. The molecule has 0 bridgehead atoms. The molecule has 2 rings (SSSR count). The summed E-state index contributed by atoms with van der Waals surface area (Å²) in [6.07, 6.45) is 0.0676. The molecule has 110 valence electrons. The first-order chi connectivity index (χ1) is 9.58. The number of nitriles is 1. The van der Waals surface area contributed by atoms with Gasteiger partial charge in [0.05, 0.1) is 24.6 Å². The van der Waals surface area contributed by atoms with Gasteiger partial charge in [-0.1, -0.05) is 6.92 Å². The van der Waals surface area contributed by atoms with E-state index in [0.717, 1.165) is 0 Å². The highest BCUT2D eigenvalue weighted by Crippen LogP contribution is 2.32. The summed E-state index contributed by atoms with van der Waals surface area (Å²) in [6.45, 7) is 2.82. The molecule has 2 aliphatic rings. The quantitative estimate of drug-likeness (QED) is 0.801. The number of carbonyl (C=O) groups excluding carboxylic acids is 1. The molecule has 0 aromatic rings. The number of carboxylic acid groups (broad SMARTS) is 1. The Bertz CT molecular complexity index is 439. The van der Waals surface area contributed by atoms with Crippen LogP contribution in [-0.2, 0) is 9.53 Å². The predicted octanol–water partition coefficient (Wildman–Crippen LogP) is 0.569. The molecule has 3 unspecified atom stereocenters. The third-order valence-electron chi connectivity index (χ3n) is 3.43. The number of amides is 2. The van der Waals surface area contributed by atoms with Gasteiger partial charge >= 0.3 is 12.0 Å². The smallest absolute Gasteiger partial charge is 0.327 e. The Morgan fingerprint density at radius 3 is 2.90 bits per heavy atom. The number of rotatable bonds is 2. The minimum Gasteiger partial charge on any atom is -0.480 e. The molecular weight excluding hydrogens is 282 g/mol. The fourth-order valence-electron chi connectivity index (χ4n) is 2.39. The van der Waals surface area contributed by atoms with E-state index in [4.69, 9.17) is 10.00 Å². The van der Waals surface area contributed by atoms with E-state index in [0.29, 0.717) is 25.3 Å². The fourth-order valence-corrected chi connectivity index (χ4v) is 3.73. The van der Waals surface area contributed by atoms with Crippen molar-refractivity contribution in [2.24, 2.45) is 0 Å². The third kappa shape index (κ3) is 2.83. The van der Waals surface area contributed by atoms with Crippen LogP contribution >= 0.6 is 11.8 Å². The SMILES string of the molecule is CCC1SCC(C(=O)O)N1C(=O)N1CCOC(C#N)C1. The second kappa shape index (κ2) is 6.33. The summed E-state index contributed by atoms with van der Waals surface area (Å²) in [7, 11) is 0. The largest absolute Gasteiger partial charge is 0.480 e. The average molecular weight is 299 g/mol. The molecule has 0 aliphatic carbocycles. The molecule has 8 heteroatoms. The van der Waals surface area contributed by atoms with Crippen LogP contribution in [0.2, 0.25) is 0 Å². The molecule has 2 amide bonds. The summed E-state index contributed by atoms with van der Waals surface area (Å²) in [5, 5.41) is 18.0. The van der Waals surface area contributed by atoms with Gasteiger partial charge in [0.25, 0.3) is 0 Å². The van der Waals surface area contributed by atoms with Crippen LogP contribution in [0.3, 0.4) is 0 Å². The molecule has 20 heavy (non-hydrogen) atoms. The lowest BCUT2D eigenvalue weighted by atomic mass is 10.2. The highest BCUT2D eigenvalue weighted by Gasteiger charge is 2.43. The van der Waals surface area contributed by atoms with E-state index >= 15 is 0 Å². The summed E-state index contributed by atoms with van der Waals surface area (Å²) in [5.41, 5.74) is 0. The summed E-state index contributed by atoms with van der Waals surface area (Å²) in [4.78, 5) is 26.8. The van der Waals surface area contributed by atoms with Crippen molar-refractivity contribution in [1.82, 2.24) is 9.80 Å². The van der Waals surface area contributed by atoms with Crippen molar-refractivity contribution in [3.05, 3.63) is 0 Å². The van der Waals surface area contributed by atoms with Crippen molar-refractivity contribution in [3.63, 3.8) is 0 Å². The van der Waals surface area contributed by atoms with Crippen LogP contribution in [0.1, 0.15) is 13.3 Å². The predicted molar refractivity (Wildman–Crippen MR) is 72.1 cm³/mol. The van der Waals surface area contributed by atoms with Gasteiger partial charge in [-0.3, -0.25) is 4.90 Å². The van der Waals surface area contributed by atoms with Gasteiger partial charge in [0.15, 0.2) is 6.10 Å². The number of nitrogens with zero attached hydrogens (tertiary/aromatic N) is 3. The van der Waals surface area contributed by atoms with Crippen LogP contribution in [0.4, 0.5) is 4.79 Å². The van der Waals surface area contributed by atoms with E-state index in [1.54, 1.807) is 0 Å². The average Bonchev–Trinajstić information content (AvgIpc) is 2.90. The van der Waals surface area contributed by atoms with Gasteiger partial charge in [0.2, 0.25) is 0 Å². The molecule has 2 fully saturated rings. The minimum atomic E-state index is -0.980. The van der Waals surface area contributed by atoms with Gasteiger partial charge in [-0.25, -0.2) is 9.59 Å². The number of ether oxygens (including phenoxy) is 1. The van der Waals surface area contributed by atoms with E-state index < -0.39 is 18.1 Å². The summed E-state index contributed by atoms with van der Waals surface area (Å²) in [6, 6.07) is 0.884. The van der Waals surface area contributed by atoms with Crippen LogP contribution in [-0.4, -0.2) is 69.9 Å². The molecule has 0 spiro atoms. The molecule has 3 atom stereocenters. The van der Waals surface area contributed by atoms with Gasteiger partial charge < -0.3 is 14.7 Å². The Kier molecular flexibility index (Phi) is 4.73. The first-order valence-corrected chi connectivity index (χ1v) is 7.56. The molecular formula is C12H17N3O4S. The standard InChI is InChI=1S/C12H17N3O4S/c1-2-10-15(9(7-20-10)11(16)17)12(18)14-3-4-19-8(5-13)6-14/h8-10H,2-4,6-7H2,1H3,(H,16,17). The van der Waals surface area contributed by atoms with Crippen molar-refractivity contribution in [3.8, 4) is 6.07 Å². The summed E-state index contributed by atoms with van der Waals surface area (Å²) < 4.78 is 5.20. The van der Waals surface area contributed by atoms with E-state index in [2.05, 4.69) is 0 Å². The molecule has 0 radical (unpaired) electrons. The van der Waals surface area contributed by atoms with Gasteiger partial charge in [-0.2, -0.15) is 5.26 Å². The number of aliphatic carboxylic acids is 1. The van der Waals surface area contributed by atoms with Gasteiger partial charge in [0, 0.05) is 12.3 Å². The minimum absolute atomic E-state index is 0.119. The van der Waals surface area contributed by atoms with Crippen LogP contribution in [0.5, 0.6) is 0 Å². The Labute approximate surface area is 121 Å². The number of carboxylic acids is 1. The lowest BCUT2D eigenvalue weighted by Gasteiger charge is -2.36. The molecule has 0 aromatic heterocycles. The van der Waals surface area contributed by atoms with Crippen molar-refractivity contribution in [1.29, 1.82) is 5.26 Å². The molecule has 7 nitrogen and oxygen atoms in total. The van der Waals surface area contributed by atoms with Gasteiger partial charge in [-0.15, -0.1) is 11.8 Å². The summed E-state index contributed by atoms with van der Waals surface area (Å²) >= 11 is 1.49. The van der Waals surface area contributed by atoms with Crippen molar-refractivity contribution < 1.29 is 19.4 Å². The maximum atomic E-state index is 12.6. The van der Waals surface area contributed by atoms with E-state index in [9.17, 15) is 14.7 Å². The number of carbonyl (C=O) groups is 2. The lowest BCUT2D eigenvalue weighted by molar-refractivity contribution is -0.141. The highest BCUT2D eigenvalue weighted by molar-refractivity contribution is 8.00. The second-order valence-corrected chi connectivity index (χ2v) is 5.89. The monoisotopic (exact) mass is 299 g/mol. The molecule has 2 saturated heterocycles. The van der Waals surface area contributed by atoms with Crippen molar-refractivity contribution in [2.45, 2.75) is 30.9 Å². The zero-order valence-corrected chi connectivity index (χ0v) is 12.0. The zero-order chi connectivity index (χ0) is 14.7. The fraction of sp³-hybridized carbons (Fsp3) is 0.750. The number of hydrogen-bond donors (Lipinski definition) is 1. The first kappa shape index (κ1) is 14.9. The Morgan fingerprint density at radius 2 is 2.30 bits per heavy atom. The normalized spacial score (nSPS) is 30.1. The van der Waals surface area contributed by atoms with Crippen LogP contribution < -0.4 is 0 Å². The number of thioether (sulfide) groups is 1. The molecule has 1 N–H and O–H groups in total. The van der Waals surface area contributed by atoms with Crippen LogP contribution in [0.15, 0.2) is 0 Å². The molecule has 0 aromatic carbocycles. The van der Waals surface area contributed by atoms with Crippen molar-refractivity contribution >= 4 is 23.8 Å². The van der Waals surface area contributed by atoms with Crippen molar-refractivity contribution in [2.75, 3.05) is 25.4 Å². The van der Waals surface area contributed by atoms with Gasteiger partial charge in [0.1, 0.15) is 6.04 Å². The Morgan fingerprint density at radius 1 is 1.55 bits per heavy atom. The van der Waals surface area contributed by atoms with Crippen LogP contribution in [0.25, 0.3) is 0 Å². The Hall–Kier alpha value is -1.46. The molecule has 2 heterocycles. The first-order valence-electron chi connectivity index (χ1n) is 6.51. The highest BCUT2D eigenvalue weighted by atomic mass is 32.2. The Balaban J connectivity index is 2.12. The number of morpholine rings is 1. The van der Waals surface area contributed by atoms with E-state index in [1.807, 2.05) is 13.0 Å². The molecule has 2 aliphatic heterocycles. The van der Waals surface area contributed by atoms with Gasteiger partial charge in [-0.05, 0) is 6.42 Å². The van der Waals surface area contributed by atoms with E-state index in [1.165, 1.54) is 21.6 Å². The molecule has 0 saturated carbocycles. The zero-order valence-electron chi connectivity index (χ0n) is 11.2. The van der Waals surface area contributed by atoms with Crippen LogP contribution in [0, 0.1) is 11.3 Å². The lowest BCUT2D eigenvalue weighted by Crippen LogP contribution is -2.55. The number of hydrogen-bond acceptors (Lipinski definition) is 5. The maximum absolute atomic E-state index is 12.6. The topological polar surface area (TPSA) is 93.9 Å². The van der Waals surface area contributed by atoms with E-state index in [-0.39, 0.29) is 17.9 Å².